The van der Waals surface area contributed by atoms with Crippen molar-refractivity contribution in [3.05, 3.63) is 33.9 Å². The molecule has 6 nitrogen and oxygen atoms in total. The van der Waals surface area contributed by atoms with Gasteiger partial charge in [-0.1, -0.05) is 33.1 Å². The van der Waals surface area contributed by atoms with E-state index in [1.54, 1.807) is 12.1 Å². The van der Waals surface area contributed by atoms with Gasteiger partial charge in [0.25, 0.3) is 5.91 Å². The summed E-state index contributed by atoms with van der Waals surface area (Å²) < 4.78 is 5.99. The average molecular weight is 391 g/mol. The fraction of sp³-hybridized carbons (Fsp3) is 0.682. The van der Waals surface area contributed by atoms with Gasteiger partial charge in [-0.2, -0.15) is 0 Å². The first kappa shape index (κ1) is 22.2. The number of nitro benzene ring substituents is 1. The number of nitro groups is 1. The van der Waals surface area contributed by atoms with Gasteiger partial charge in [-0.25, -0.2) is 0 Å². The summed E-state index contributed by atoms with van der Waals surface area (Å²) in [4.78, 5) is 26.3. The van der Waals surface area contributed by atoms with Gasteiger partial charge in [-0.05, 0) is 58.6 Å². The Labute approximate surface area is 168 Å². The first-order valence-electron chi connectivity index (χ1n) is 10.5. The van der Waals surface area contributed by atoms with Gasteiger partial charge in [-0.15, -0.1) is 0 Å². The number of hydrogen-bond acceptors (Lipinski definition) is 4. The zero-order valence-corrected chi connectivity index (χ0v) is 17.9. The van der Waals surface area contributed by atoms with E-state index in [2.05, 4.69) is 0 Å². The van der Waals surface area contributed by atoms with Gasteiger partial charge >= 0.3 is 5.69 Å². The van der Waals surface area contributed by atoms with Crippen molar-refractivity contribution in [3.63, 3.8) is 0 Å². The summed E-state index contributed by atoms with van der Waals surface area (Å²) in [6, 6.07) is 4.87. The van der Waals surface area contributed by atoms with Crippen LogP contribution in [0.2, 0.25) is 0 Å². The van der Waals surface area contributed by atoms with E-state index in [1.165, 1.54) is 12.5 Å². The molecule has 0 aromatic heterocycles. The Morgan fingerprint density at radius 3 is 2.36 bits per heavy atom. The molecule has 0 unspecified atom stereocenters. The highest BCUT2D eigenvalue weighted by Crippen LogP contribution is 2.34. The van der Waals surface area contributed by atoms with E-state index in [9.17, 15) is 14.9 Å². The molecule has 0 heterocycles. The second-order valence-corrected chi connectivity index (χ2v) is 8.30. The average Bonchev–Trinajstić information content (AvgIpc) is 2.68. The lowest BCUT2D eigenvalue weighted by molar-refractivity contribution is -0.386. The number of benzene rings is 1. The van der Waals surface area contributed by atoms with Crippen molar-refractivity contribution in [2.75, 3.05) is 0 Å². The van der Waals surface area contributed by atoms with Crippen molar-refractivity contribution in [1.82, 2.24) is 4.90 Å². The molecule has 1 aliphatic rings. The van der Waals surface area contributed by atoms with E-state index in [4.69, 9.17) is 4.74 Å². The Balaban J connectivity index is 2.35. The molecular formula is C22H34N2O4. The summed E-state index contributed by atoms with van der Waals surface area (Å²) in [6.45, 7) is 9.95. The van der Waals surface area contributed by atoms with Crippen molar-refractivity contribution in [2.45, 2.75) is 97.2 Å². The molecule has 0 spiro atoms. The van der Waals surface area contributed by atoms with Gasteiger partial charge in [-0.3, -0.25) is 14.9 Å². The second kappa shape index (κ2) is 9.39. The number of carbonyl (C=O) groups is 1. The standard InChI is InChI=1S/C22H34N2O4/c1-6-22(5,7-2)28-20-14-13-17(15-19(20)24(26)27)21(25)23(16(3)4)18-11-9-8-10-12-18/h13-16,18H,6-12H2,1-5H3. The predicted molar refractivity (Wildman–Crippen MR) is 111 cm³/mol. The number of amides is 1. The van der Waals surface area contributed by atoms with Gasteiger partial charge in [0, 0.05) is 23.7 Å². The molecule has 2 rings (SSSR count). The second-order valence-electron chi connectivity index (χ2n) is 8.30. The Bertz CT molecular complexity index is 692. The van der Waals surface area contributed by atoms with Crippen molar-refractivity contribution >= 4 is 11.6 Å². The molecule has 1 fully saturated rings. The van der Waals surface area contributed by atoms with E-state index in [-0.39, 0.29) is 29.4 Å². The highest BCUT2D eigenvalue weighted by molar-refractivity contribution is 5.95. The van der Waals surface area contributed by atoms with Gasteiger partial charge in [0.05, 0.1) is 4.92 Å². The van der Waals surface area contributed by atoms with Crippen LogP contribution in [0.15, 0.2) is 18.2 Å². The van der Waals surface area contributed by atoms with Gasteiger partial charge in [0.1, 0.15) is 5.60 Å². The third kappa shape index (κ3) is 5.03. The molecule has 0 N–H and O–H groups in total. The smallest absolute Gasteiger partial charge is 0.311 e. The van der Waals surface area contributed by atoms with Gasteiger partial charge in [0.2, 0.25) is 0 Å². The summed E-state index contributed by atoms with van der Waals surface area (Å²) in [6.07, 6.45) is 6.94. The lowest BCUT2D eigenvalue weighted by Crippen LogP contribution is -2.45. The minimum absolute atomic E-state index is 0.0501. The van der Waals surface area contributed by atoms with Gasteiger partial charge in [0.15, 0.2) is 5.75 Å². The zero-order chi connectivity index (χ0) is 20.9. The molecule has 1 aromatic carbocycles. The van der Waals surface area contributed by atoms with E-state index >= 15 is 0 Å². The molecule has 0 aliphatic heterocycles. The van der Waals surface area contributed by atoms with Crippen LogP contribution < -0.4 is 4.74 Å². The van der Waals surface area contributed by atoms with Crippen LogP contribution >= 0.6 is 0 Å². The fourth-order valence-electron chi connectivity index (χ4n) is 3.87. The molecule has 0 radical (unpaired) electrons. The highest BCUT2D eigenvalue weighted by Gasteiger charge is 2.31. The molecule has 1 aliphatic carbocycles. The first-order valence-corrected chi connectivity index (χ1v) is 10.5. The normalized spacial score (nSPS) is 15.5. The number of carbonyl (C=O) groups excluding carboxylic acids is 1. The van der Waals surface area contributed by atoms with Gasteiger partial charge < -0.3 is 9.64 Å². The molecule has 6 heteroatoms. The zero-order valence-electron chi connectivity index (χ0n) is 17.9. The SMILES string of the molecule is CCC(C)(CC)Oc1ccc(C(=O)N(C(C)C)C2CCCCC2)cc1[N+](=O)[O-]. The number of hydrogen-bond donors (Lipinski definition) is 0. The van der Waals surface area contributed by atoms with E-state index < -0.39 is 10.5 Å². The van der Waals surface area contributed by atoms with E-state index in [1.807, 2.05) is 39.5 Å². The van der Waals surface area contributed by atoms with Crippen LogP contribution in [0, 0.1) is 10.1 Å². The van der Waals surface area contributed by atoms with Crippen LogP contribution in [0.3, 0.4) is 0 Å². The van der Waals surface area contributed by atoms with Crippen LogP contribution in [-0.4, -0.2) is 33.4 Å². The lowest BCUT2D eigenvalue weighted by atomic mass is 9.92. The predicted octanol–water partition coefficient (Wildman–Crippen LogP) is 5.74. The number of nitrogens with zero attached hydrogens (tertiary/aromatic N) is 2. The van der Waals surface area contributed by atoms with Crippen LogP contribution in [0.25, 0.3) is 0 Å². The lowest BCUT2D eigenvalue weighted by Gasteiger charge is -2.37. The third-order valence-electron chi connectivity index (χ3n) is 6.01. The van der Waals surface area contributed by atoms with Crippen LogP contribution in [0.1, 0.15) is 89.9 Å². The summed E-state index contributed by atoms with van der Waals surface area (Å²) in [5.41, 5.74) is -0.262. The Morgan fingerprint density at radius 1 is 1.25 bits per heavy atom. The summed E-state index contributed by atoms with van der Waals surface area (Å²) in [5.74, 6) is 0.0896. The fourth-order valence-corrected chi connectivity index (χ4v) is 3.87. The monoisotopic (exact) mass is 390 g/mol. The maximum absolute atomic E-state index is 13.2. The number of rotatable bonds is 8. The molecule has 0 bridgehead atoms. The summed E-state index contributed by atoms with van der Waals surface area (Å²) >= 11 is 0. The van der Waals surface area contributed by atoms with Crippen molar-refractivity contribution in [3.8, 4) is 5.75 Å². The Hall–Kier alpha value is -2.11. The summed E-state index contributed by atoms with van der Waals surface area (Å²) in [5, 5.41) is 11.7. The van der Waals surface area contributed by atoms with Crippen molar-refractivity contribution in [2.24, 2.45) is 0 Å². The summed E-state index contributed by atoms with van der Waals surface area (Å²) in [7, 11) is 0. The van der Waals surface area contributed by atoms with Crippen LogP contribution in [0.5, 0.6) is 5.75 Å². The maximum Gasteiger partial charge on any atom is 0.311 e. The van der Waals surface area contributed by atoms with Crippen LogP contribution in [0.4, 0.5) is 5.69 Å². The quantitative estimate of drug-likeness (QED) is 0.419. The van der Waals surface area contributed by atoms with Crippen molar-refractivity contribution < 1.29 is 14.5 Å². The van der Waals surface area contributed by atoms with Crippen molar-refractivity contribution in [1.29, 1.82) is 0 Å². The molecule has 0 atom stereocenters. The molecule has 0 saturated heterocycles. The molecule has 28 heavy (non-hydrogen) atoms. The molecular weight excluding hydrogens is 356 g/mol. The molecule has 1 saturated carbocycles. The largest absolute Gasteiger partial charge is 0.481 e. The Kier molecular flexibility index (Phi) is 7.44. The van der Waals surface area contributed by atoms with E-state index in [0.29, 0.717) is 5.56 Å². The number of ether oxygens (including phenoxy) is 1. The Morgan fingerprint density at radius 2 is 1.86 bits per heavy atom. The third-order valence-corrected chi connectivity index (χ3v) is 6.01. The topological polar surface area (TPSA) is 72.7 Å². The molecule has 1 aromatic rings. The minimum atomic E-state index is -0.470. The first-order chi connectivity index (χ1) is 13.2. The van der Waals surface area contributed by atoms with Crippen LogP contribution in [-0.2, 0) is 0 Å². The maximum atomic E-state index is 13.2. The van der Waals surface area contributed by atoms with E-state index in [0.717, 1.165) is 38.5 Å². The highest BCUT2D eigenvalue weighted by atomic mass is 16.6. The molecule has 156 valence electrons. The molecule has 1 amide bonds. The minimum Gasteiger partial charge on any atom is -0.481 e.